The highest BCUT2D eigenvalue weighted by atomic mass is 16.3. The van der Waals surface area contributed by atoms with Gasteiger partial charge in [0.25, 0.3) is 0 Å². The molecule has 1 aromatic heterocycles. The zero-order valence-corrected chi connectivity index (χ0v) is 10.1. The summed E-state index contributed by atoms with van der Waals surface area (Å²) in [5.74, 6) is 1.02. The summed E-state index contributed by atoms with van der Waals surface area (Å²) in [5.41, 5.74) is 5.90. The molecule has 1 heterocycles. The van der Waals surface area contributed by atoms with Gasteiger partial charge in [0.2, 0.25) is 0 Å². The number of rotatable bonds is 7. The Hall–Kier alpha value is -0.800. The molecule has 0 aliphatic heterocycles. The van der Waals surface area contributed by atoms with E-state index in [0.717, 1.165) is 18.3 Å². The molecule has 1 unspecified atom stereocenters. The van der Waals surface area contributed by atoms with Gasteiger partial charge in [-0.05, 0) is 37.9 Å². The molecule has 0 radical (unpaired) electrons. The third kappa shape index (κ3) is 2.66. The first-order chi connectivity index (χ1) is 7.86. The van der Waals surface area contributed by atoms with Crippen molar-refractivity contribution in [2.24, 2.45) is 5.73 Å². The van der Waals surface area contributed by atoms with E-state index < -0.39 is 0 Å². The Morgan fingerprint density at radius 3 is 2.88 bits per heavy atom. The number of hydrogen-bond acceptors (Lipinski definition) is 3. The lowest BCUT2D eigenvalue weighted by atomic mass is 10.1. The van der Waals surface area contributed by atoms with Crippen molar-refractivity contribution in [2.75, 3.05) is 13.1 Å². The molecule has 1 aromatic rings. The molecule has 1 atom stereocenters. The van der Waals surface area contributed by atoms with Crippen molar-refractivity contribution in [3.05, 3.63) is 24.2 Å². The molecule has 16 heavy (non-hydrogen) atoms. The first-order valence-electron chi connectivity index (χ1n) is 6.36. The monoisotopic (exact) mass is 222 g/mol. The minimum Gasteiger partial charge on any atom is -0.468 e. The largest absolute Gasteiger partial charge is 0.468 e. The Morgan fingerprint density at radius 1 is 1.56 bits per heavy atom. The second-order valence-electron chi connectivity index (χ2n) is 4.59. The lowest BCUT2D eigenvalue weighted by Crippen LogP contribution is -2.36. The van der Waals surface area contributed by atoms with Crippen molar-refractivity contribution in [2.45, 2.75) is 44.7 Å². The summed E-state index contributed by atoms with van der Waals surface area (Å²) in [6.45, 7) is 4.02. The van der Waals surface area contributed by atoms with Crippen LogP contribution < -0.4 is 5.73 Å². The van der Waals surface area contributed by atoms with Crippen LogP contribution in [0.15, 0.2) is 22.8 Å². The van der Waals surface area contributed by atoms with Crippen LogP contribution in [0.4, 0.5) is 0 Å². The molecule has 90 valence electrons. The predicted molar refractivity (Wildman–Crippen MR) is 65.1 cm³/mol. The summed E-state index contributed by atoms with van der Waals surface area (Å²) >= 11 is 0. The van der Waals surface area contributed by atoms with E-state index in [1.54, 1.807) is 6.26 Å². The molecule has 2 N–H and O–H groups in total. The molecular formula is C13H22N2O. The van der Waals surface area contributed by atoms with Gasteiger partial charge in [0.15, 0.2) is 0 Å². The van der Waals surface area contributed by atoms with Gasteiger partial charge in [0.05, 0.1) is 12.3 Å². The predicted octanol–water partition coefficient (Wildman–Crippen LogP) is 2.54. The maximum Gasteiger partial charge on any atom is 0.122 e. The SMILES string of the molecule is CCCCN(C1CC1)C(CN)c1ccco1. The Kier molecular flexibility index (Phi) is 4.02. The number of hydrogen-bond donors (Lipinski definition) is 1. The van der Waals surface area contributed by atoms with Crippen molar-refractivity contribution in [3.63, 3.8) is 0 Å². The molecule has 0 saturated heterocycles. The number of nitrogens with zero attached hydrogens (tertiary/aromatic N) is 1. The van der Waals surface area contributed by atoms with E-state index in [2.05, 4.69) is 11.8 Å². The highest BCUT2D eigenvalue weighted by molar-refractivity contribution is 5.07. The molecule has 1 fully saturated rings. The summed E-state index contributed by atoms with van der Waals surface area (Å²) in [7, 11) is 0. The lowest BCUT2D eigenvalue weighted by molar-refractivity contribution is 0.167. The van der Waals surface area contributed by atoms with Gasteiger partial charge < -0.3 is 10.2 Å². The van der Waals surface area contributed by atoms with Crippen molar-refractivity contribution in [1.29, 1.82) is 0 Å². The van der Waals surface area contributed by atoms with E-state index in [1.165, 1.54) is 25.7 Å². The van der Waals surface area contributed by atoms with Crippen molar-refractivity contribution >= 4 is 0 Å². The van der Waals surface area contributed by atoms with Crippen LogP contribution in [0.1, 0.15) is 44.4 Å². The van der Waals surface area contributed by atoms with E-state index >= 15 is 0 Å². The first kappa shape index (κ1) is 11.7. The van der Waals surface area contributed by atoms with Gasteiger partial charge in [0.1, 0.15) is 5.76 Å². The average Bonchev–Trinajstić information content (AvgIpc) is 3.00. The lowest BCUT2D eigenvalue weighted by Gasteiger charge is -2.29. The summed E-state index contributed by atoms with van der Waals surface area (Å²) in [6.07, 6.45) is 6.86. The molecule has 0 spiro atoms. The van der Waals surface area contributed by atoms with Gasteiger partial charge >= 0.3 is 0 Å². The van der Waals surface area contributed by atoms with E-state index in [9.17, 15) is 0 Å². The Labute approximate surface area is 97.6 Å². The van der Waals surface area contributed by atoms with Crippen LogP contribution in [0.2, 0.25) is 0 Å². The Morgan fingerprint density at radius 2 is 2.38 bits per heavy atom. The van der Waals surface area contributed by atoms with Crippen molar-refractivity contribution < 1.29 is 4.42 Å². The molecular weight excluding hydrogens is 200 g/mol. The second-order valence-corrected chi connectivity index (χ2v) is 4.59. The smallest absolute Gasteiger partial charge is 0.122 e. The third-order valence-electron chi connectivity index (χ3n) is 3.28. The van der Waals surface area contributed by atoms with Crippen LogP contribution in [-0.2, 0) is 0 Å². The summed E-state index contributed by atoms with van der Waals surface area (Å²) in [5, 5.41) is 0. The highest BCUT2D eigenvalue weighted by Crippen LogP contribution is 2.34. The van der Waals surface area contributed by atoms with Gasteiger partial charge in [-0.2, -0.15) is 0 Å². The average molecular weight is 222 g/mol. The van der Waals surface area contributed by atoms with Crippen molar-refractivity contribution in [3.8, 4) is 0 Å². The van der Waals surface area contributed by atoms with Crippen LogP contribution in [0.5, 0.6) is 0 Å². The maximum absolute atomic E-state index is 5.90. The topological polar surface area (TPSA) is 42.4 Å². The normalized spacial score (nSPS) is 17.9. The van der Waals surface area contributed by atoms with E-state index in [0.29, 0.717) is 6.54 Å². The van der Waals surface area contributed by atoms with E-state index in [-0.39, 0.29) is 6.04 Å². The Balaban J connectivity index is 2.03. The molecule has 3 nitrogen and oxygen atoms in total. The zero-order valence-electron chi connectivity index (χ0n) is 10.1. The van der Waals surface area contributed by atoms with Crippen LogP contribution in [0.3, 0.4) is 0 Å². The van der Waals surface area contributed by atoms with E-state index in [1.807, 2.05) is 12.1 Å². The number of unbranched alkanes of at least 4 members (excludes halogenated alkanes) is 1. The van der Waals surface area contributed by atoms with Gasteiger partial charge in [0, 0.05) is 12.6 Å². The quantitative estimate of drug-likeness (QED) is 0.771. The molecule has 1 saturated carbocycles. The second kappa shape index (κ2) is 5.51. The van der Waals surface area contributed by atoms with E-state index in [4.69, 9.17) is 10.2 Å². The first-order valence-corrected chi connectivity index (χ1v) is 6.36. The fourth-order valence-electron chi connectivity index (χ4n) is 2.24. The standard InChI is InChI=1S/C13H22N2O/c1-2-3-8-15(11-6-7-11)12(10-14)13-5-4-9-16-13/h4-5,9,11-12H,2-3,6-8,10,14H2,1H3. The molecule has 0 amide bonds. The summed E-state index contributed by atoms with van der Waals surface area (Å²) in [6, 6.07) is 5.00. The number of nitrogens with two attached hydrogens (primary N) is 1. The molecule has 0 bridgehead atoms. The Bertz CT molecular complexity index is 293. The van der Waals surface area contributed by atoms with Crippen LogP contribution in [-0.4, -0.2) is 24.0 Å². The number of furan rings is 1. The highest BCUT2D eigenvalue weighted by Gasteiger charge is 2.34. The van der Waals surface area contributed by atoms with Crippen molar-refractivity contribution in [1.82, 2.24) is 4.90 Å². The maximum atomic E-state index is 5.90. The minimum absolute atomic E-state index is 0.272. The van der Waals surface area contributed by atoms with Crippen LogP contribution in [0.25, 0.3) is 0 Å². The van der Waals surface area contributed by atoms with Gasteiger partial charge in [-0.1, -0.05) is 13.3 Å². The molecule has 1 aliphatic rings. The zero-order chi connectivity index (χ0) is 11.4. The third-order valence-corrected chi connectivity index (χ3v) is 3.28. The van der Waals surface area contributed by atoms with Gasteiger partial charge in [-0.15, -0.1) is 0 Å². The summed E-state index contributed by atoms with van der Waals surface area (Å²) in [4.78, 5) is 2.53. The fourth-order valence-corrected chi connectivity index (χ4v) is 2.24. The van der Waals surface area contributed by atoms with Crippen LogP contribution >= 0.6 is 0 Å². The molecule has 3 heteroatoms. The molecule has 1 aliphatic carbocycles. The molecule has 2 rings (SSSR count). The van der Waals surface area contributed by atoms with Gasteiger partial charge in [-0.3, -0.25) is 4.90 Å². The van der Waals surface area contributed by atoms with Gasteiger partial charge in [-0.25, -0.2) is 0 Å². The summed E-state index contributed by atoms with van der Waals surface area (Å²) < 4.78 is 5.50. The van der Waals surface area contributed by atoms with Crippen LogP contribution in [0, 0.1) is 0 Å². The minimum atomic E-state index is 0.272. The fraction of sp³-hybridized carbons (Fsp3) is 0.692. The molecule has 0 aromatic carbocycles.